The van der Waals surface area contributed by atoms with Gasteiger partial charge in [0.15, 0.2) is 0 Å². The molecule has 21 heavy (non-hydrogen) atoms. The Balaban J connectivity index is 1.72. The second-order valence-corrected chi connectivity index (χ2v) is 8.82. The normalized spacial score (nSPS) is 30.1. The molecule has 1 aliphatic carbocycles. The van der Waals surface area contributed by atoms with Gasteiger partial charge in [-0.05, 0) is 12.8 Å². The molecule has 0 aromatic heterocycles. The SMILES string of the molecule is O=C1CCN(CC2CSCCS2)C(=O)C2(CCCCC2)N1. The highest BCUT2D eigenvalue weighted by atomic mass is 32.2. The van der Waals surface area contributed by atoms with Crippen molar-refractivity contribution in [2.45, 2.75) is 49.3 Å². The van der Waals surface area contributed by atoms with Crippen molar-refractivity contribution in [3.8, 4) is 0 Å². The van der Waals surface area contributed by atoms with E-state index in [1.807, 2.05) is 28.4 Å². The van der Waals surface area contributed by atoms with E-state index in [0.717, 1.165) is 38.0 Å². The molecule has 0 aromatic rings. The van der Waals surface area contributed by atoms with Crippen LogP contribution in [0.15, 0.2) is 0 Å². The fourth-order valence-electron chi connectivity index (χ4n) is 3.58. The third kappa shape index (κ3) is 3.52. The first kappa shape index (κ1) is 15.5. The van der Waals surface area contributed by atoms with E-state index in [-0.39, 0.29) is 11.8 Å². The lowest BCUT2D eigenvalue weighted by Gasteiger charge is -2.39. The maximum Gasteiger partial charge on any atom is 0.248 e. The van der Waals surface area contributed by atoms with Crippen LogP contribution >= 0.6 is 23.5 Å². The number of nitrogens with zero attached hydrogens (tertiary/aromatic N) is 1. The van der Waals surface area contributed by atoms with Gasteiger partial charge in [0.25, 0.3) is 0 Å². The molecule has 4 nitrogen and oxygen atoms in total. The highest BCUT2D eigenvalue weighted by Crippen LogP contribution is 2.33. The molecule has 1 spiro atoms. The molecule has 0 bridgehead atoms. The highest BCUT2D eigenvalue weighted by Gasteiger charge is 2.45. The molecule has 3 aliphatic rings. The van der Waals surface area contributed by atoms with Crippen LogP contribution in [0.1, 0.15) is 38.5 Å². The molecule has 0 aromatic carbocycles. The summed E-state index contributed by atoms with van der Waals surface area (Å²) < 4.78 is 0. The molecule has 2 saturated heterocycles. The Kier molecular flexibility index (Phi) is 5.04. The lowest BCUT2D eigenvalue weighted by Crippen LogP contribution is -2.58. The van der Waals surface area contributed by atoms with Gasteiger partial charge in [0.2, 0.25) is 11.8 Å². The number of hydrogen-bond donors (Lipinski definition) is 1. The first-order valence-electron chi connectivity index (χ1n) is 7.99. The maximum atomic E-state index is 13.0. The molecule has 0 radical (unpaired) electrons. The summed E-state index contributed by atoms with van der Waals surface area (Å²) in [6, 6.07) is 0. The van der Waals surface area contributed by atoms with Crippen molar-refractivity contribution in [1.29, 1.82) is 0 Å². The van der Waals surface area contributed by atoms with E-state index in [2.05, 4.69) is 5.32 Å². The van der Waals surface area contributed by atoms with Crippen LogP contribution < -0.4 is 5.32 Å². The number of rotatable bonds is 2. The van der Waals surface area contributed by atoms with Crippen LogP contribution in [-0.4, -0.2) is 57.9 Å². The van der Waals surface area contributed by atoms with E-state index in [0.29, 0.717) is 18.2 Å². The van der Waals surface area contributed by atoms with Gasteiger partial charge in [-0.15, -0.1) is 0 Å². The molecule has 1 saturated carbocycles. The zero-order chi connectivity index (χ0) is 14.7. The molecule has 1 unspecified atom stereocenters. The number of nitrogens with one attached hydrogen (secondary N) is 1. The van der Waals surface area contributed by atoms with E-state index in [1.54, 1.807) is 0 Å². The van der Waals surface area contributed by atoms with Crippen LogP contribution in [0.5, 0.6) is 0 Å². The Morgan fingerprint density at radius 3 is 2.71 bits per heavy atom. The molecule has 3 rings (SSSR count). The average molecular weight is 329 g/mol. The molecule has 1 atom stereocenters. The van der Waals surface area contributed by atoms with Gasteiger partial charge >= 0.3 is 0 Å². The van der Waals surface area contributed by atoms with Gasteiger partial charge in [-0.1, -0.05) is 19.3 Å². The van der Waals surface area contributed by atoms with Gasteiger partial charge in [0.05, 0.1) is 0 Å². The smallest absolute Gasteiger partial charge is 0.248 e. The molecule has 2 amide bonds. The van der Waals surface area contributed by atoms with Crippen molar-refractivity contribution in [3.63, 3.8) is 0 Å². The van der Waals surface area contributed by atoms with Crippen molar-refractivity contribution in [3.05, 3.63) is 0 Å². The Labute approximate surface area is 135 Å². The second kappa shape index (κ2) is 6.82. The number of carbonyl (C=O) groups excluding carboxylic acids is 2. The summed E-state index contributed by atoms with van der Waals surface area (Å²) in [6.07, 6.45) is 5.38. The summed E-state index contributed by atoms with van der Waals surface area (Å²) in [5, 5.41) is 3.60. The molecule has 6 heteroatoms. The Morgan fingerprint density at radius 2 is 2.00 bits per heavy atom. The average Bonchev–Trinajstić information content (AvgIpc) is 2.62. The van der Waals surface area contributed by atoms with E-state index < -0.39 is 5.54 Å². The molecule has 118 valence electrons. The van der Waals surface area contributed by atoms with Gasteiger partial charge in [-0.25, -0.2) is 0 Å². The molecule has 2 aliphatic heterocycles. The Bertz CT molecular complexity index is 404. The van der Waals surface area contributed by atoms with Crippen molar-refractivity contribution in [1.82, 2.24) is 10.2 Å². The molecule has 2 heterocycles. The predicted molar refractivity (Wildman–Crippen MR) is 88.7 cm³/mol. The van der Waals surface area contributed by atoms with Gasteiger partial charge < -0.3 is 10.2 Å². The first-order valence-corrected chi connectivity index (χ1v) is 10.2. The fourth-order valence-corrected chi connectivity index (χ4v) is 6.26. The van der Waals surface area contributed by atoms with Crippen molar-refractivity contribution in [2.75, 3.05) is 30.3 Å². The van der Waals surface area contributed by atoms with Crippen molar-refractivity contribution in [2.24, 2.45) is 0 Å². The molecular formula is C15H24N2O2S2. The van der Waals surface area contributed by atoms with E-state index >= 15 is 0 Å². The first-order chi connectivity index (χ1) is 10.2. The van der Waals surface area contributed by atoms with Crippen LogP contribution in [-0.2, 0) is 9.59 Å². The van der Waals surface area contributed by atoms with Crippen LogP contribution in [0.3, 0.4) is 0 Å². The van der Waals surface area contributed by atoms with Gasteiger partial charge in [0.1, 0.15) is 5.54 Å². The molecule has 1 N–H and O–H groups in total. The van der Waals surface area contributed by atoms with Gasteiger partial charge in [-0.3, -0.25) is 9.59 Å². The monoisotopic (exact) mass is 328 g/mol. The number of thioether (sulfide) groups is 2. The maximum absolute atomic E-state index is 13.0. The predicted octanol–water partition coefficient (Wildman–Crippen LogP) is 1.89. The van der Waals surface area contributed by atoms with Gasteiger partial charge in [-0.2, -0.15) is 23.5 Å². The van der Waals surface area contributed by atoms with Crippen LogP contribution in [0.4, 0.5) is 0 Å². The number of amides is 2. The lowest BCUT2D eigenvalue weighted by atomic mass is 9.80. The summed E-state index contributed by atoms with van der Waals surface area (Å²) >= 11 is 3.97. The summed E-state index contributed by atoms with van der Waals surface area (Å²) in [7, 11) is 0. The van der Waals surface area contributed by atoms with Gasteiger partial charge in [0, 0.05) is 42.0 Å². The number of carbonyl (C=O) groups is 2. The quantitative estimate of drug-likeness (QED) is 0.841. The minimum absolute atomic E-state index is 0.0541. The van der Waals surface area contributed by atoms with E-state index in [1.165, 1.54) is 17.9 Å². The summed E-state index contributed by atoms with van der Waals surface area (Å²) in [5.74, 6) is 3.77. The fraction of sp³-hybridized carbons (Fsp3) is 0.867. The topological polar surface area (TPSA) is 49.4 Å². The zero-order valence-corrected chi connectivity index (χ0v) is 14.1. The summed E-state index contributed by atoms with van der Waals surface area (Å²) in [5.41, 5.74) is -0.585. The third-order valence-electron chi connectivity index (χ3n) is 4.70. The highest BCUT2D eigenvalue weighted by molar-refractivity contribution is 8.06. The standard InChI is InChI=1S/C15H24N2O2S2/c18-13-4-7-17(10-12-11-20-8-9-21-12)14(19)15(16-13)5-2-1-3-6-15/h12H,1-11H2,(H,16,18). The minimum Gasteiger partial charge on any atom is -0.342 e. The largest absolute Gasteiger partial charge is 0.342 e. The molecular weight excluding hydrogens is 304 g/mol. The van der Waals surface area contributed by atoms with Crippen LogP contribution in [0, 0.1) is 0 Å². The van der Waals surface area contributed by atoms with Crippen molar-refractivity contribution >= 4 is 35.3 Å². The van der Waals surface area contributed by atoms with Crippen LogP contribution in [0.2, 0.25) is 0 Å². The number of hydrogen-bond acceptors (Lipinski definition) is 4. The summed E-state index contributed by atoms with van der Waals surface area (Å²) in [4.78, 5) is 27.1. The van der Waals surface area contributed by atoms with Crippen molar-refractivity contribution < 1.29 is 9.59 Å². The lowest BCUT2D eigenvalue weighted by molar-refractivity contribution is -0.140. The second-order valence-electron chi connectivity index (χ2n) is 6.26. The zero-order valence-electron chi connectivity index (χ0n) is 12.4. The van der Waals surface area contributed by atoms with Crippen LogP contribution in [0.25, 0.3) is 0 Å². The third-order valence-corrected chi connectivity index (χ3v) is 7.53. The minimum atomic E-state index is -0.585. The summed E-state index contributed by atoms with van der Waals surface area (Å²) in [6.45, 7) is 1.40. The Morgan fingerprint density at radius 1 is 1.19 bits per heavy atom. The molecule has 3 fully saturated rings. The van der Waals surface area contributed by atoms with E-state index in [9.17, 15) is 9.59 Å². The Hall–Kier alpha value is -0.360. The van der Waals surface area contributed by atoms with E-state index in [4.69, 9.17) is 0 Å².